The van der Waals surface area contributed by atoms with Gasteiger partial charge in [-0.15, -0.1) is 0 Å². The summed E-state index contributed by atoms with van der Waals surface area (Å²) in [6, 6.07) is 24.8. The van der Waals surface area contributed by atoms with E-state index in [1.165, 1.54) is 0 Å². The molecule has 0 spiro atoms. The molecule has 6 heteroatoms. The van der Waals surface area contributed by atoms with Gasteiger partial charge in [-0.05, 0) is 47.2 Å². The van der Waals surface area contributed by atoms with Crippen molar-refractivity contribution >= 4 is 16.9 Å². The van der Waals surface area contributed by atoms with Crippen molar-refractivity contribution < 1.29 is 9.53 Å². The fourth-order valence-electron chi connectivity index (χ4n) is 3.79. The maximum Gasteiger partial charge on any atom is 0.318 e. The SMILES string of the molecule is COc1ccc(CN(Cc2cc3cccc(C)c3[nH]c2=O)C(=O)NCc2ccccc2)cc1. The summed E-state index contributed by atoms with van der Waals surface area (Å²) in [5.41, 5.74) is 4.13. The van der Waals surface area contributed by atoms with Crippen molar-refractivity contribution in [3.63, 3.8) is 0 Å². The van der Waals surface area contributed by atoms with Crippen LogP contribution in [0.2, 0.25) is 0 Å². The highest BCUT2D eigenvalue weighted by Gasteiger charge is 2.17. The molecule has 2 amide bonds. The third-order valence-electron chi connectivity index (χ3n) is 5.63. The number of nitrogens with one attached hydrogen (secondary N) is 2. The number of rotatable bonds is 7. The van der Waals surface area contributed by atoms with E-state index in [1.807, 2.05) is 85.8 Å². The van der Waals surface area contributed by atoms with Crippen molar-refractivity contribution in [3.05, 3.63) is 111 Å². The summed E-state index contributed by atoms with van der Waals surface area (Å²) in [4.78, 5) is 30.6. The minimum atomic E-state index is -0.238. The standard InChI is InChI=1S/C27H27N3O3/c1-19-7-6-10-22-15-23(26(31)29-25(19)22)18-30(17-21-11-13-24(33-2)14-12-21)27(32)28-16-20-8-4-3-5-9-20/h3-15H,16-18H2,1-2H3,(H,28,32)(H,29,31). The fourth-order valence-corrected chi connectivity index (χ4v) is 3.79. The van der Waals surface area contributed by atoms with Crippen molar-refractivity contribution in [2.24, 2.45) is 0 Å². The van der Waals surface area contributed by atoms with Crippen LogP contribution in [0, 0.1) is 6.92 Å². The lowest BCUT2D eigenvalue weighted by atomic mass is 10.1. The van der Waals surface area contributed by atoms with Gasteiger partial charge in [0.05, 0.1) is 19.2 Å². The molecule has 0 fully saturated rings. The van der Waals surface area contributed by atoms with Gasteiger partial charge in [0.25, 0.3) is 5.56 Å². The Morgan fingerprint density at radius 1 is 0.939 bits per heavy atom. The maximum atomic E-state index is 13.2. The second-order valence-corrected chi connectivity index (χ2v) is 8.01. The van der Waals surface area contributed by atoms with Crippen molar-refractivity contribution in [3.8, 4) is 5.75 Å². The predicted octanol–water partition coefficient (Wildman–Crippen LogP) is 4.76. The zero-order chi connectivity index (χ0) is 23.2. The molecule has 0 atom stereocenters. The Hall–Kier alpha value is -4.06. The first-order valence-corrected chi connectivity index (χ1v) is 10.8. The van der Waals surface area contributed by atoms with Crippen LogP contribution in [0.4, 0.5) is 4.79 Å². The van der Waals surface area contributed by atoms with Crippen molar-refractivity contribution in [1.29, 1.82) is 0 Å². The van der Waals surface area contributed by atoms with Gasteiger partial charge in [-0.2, -0.15) is 0 Å². The Bertz CT molecular complexity index is 1300. The van der Waals surface area contributed by atoms with Gasteiger partial charge in [-0.25, -0.2) is 4.79 Å². The van der Waals surface area contributed by atoms with Crippen LogP contribution in [0.25, 0.3) is 10.9 Å². The third kappa shape index (κ3) is 5.41. The number of hydrogen-bond donors (Lipinski definition) is 2. The van der Waals surface area contributed by atoms with E-state index in [9.17, 15) is 9.59 Å². The minimum absolute atomic E-state index is 0.186. The van der Waals surface area contributed by atoms with Gasteiger partial charge in [-0.1, -0.05) is 60.7 Å². The first-order valence-electron chi connectivity index (χ1n) is 10.8. The van der Waals surface area contributed by atoms with E-state index in [-0.39, 0.29) is 18.1 Å². The van der Waals surface area contributed by atoms with Crippen LogP contribution in [-0.2, 0) is 19.6 Å². The van der Waals surface area contributed by atoms with Crippen LogP contribution in [0.3, 0.4) is 0 Å². The van der Waals surface area contributed by atoms with Crippen LogP contribution < -0.4 is 15.6 Å². The maximum absolute atomic E-state index is 13.2. The van der Waals surface area contributed by atoms with Gasteiger partial charge in [0.1, 0.15) is 5.75 Å². The highest BCUT2D eigenvalue weighted by atomic mass is 16.5. The van der Waals surface area contributed by atoms with Crippen LogP contribution in [0.15, 0.2) is 83.7 Å². The van der Waals surface area contributed by atoms with E-state index >= 15 is 0 Å². The molecule has 4 aromatic rings. The molecule has 3 aromatic carbocycles. The number of urea groups is 1. The number of para-hydroxylation sites is 1. The van der Waals surface area contributed by atoms with Crippen molar-refractivity contribution in [2.45, 2.75) is 26.6 Å². The van der Waals surface area contributed by atoms with E-state index in [0.717, 1.165) is 33.3 Å². The van der Waals surface area contributed by atoms with Gasteiger partial charge < -0.3 is 19.9 Å². The van der Waals surface area contributed by atoms with Gasteiger partial charge in [0.15, 0.2) is 0 Å². The molecule has 4 rings (SSSR count). The van der Waals surface area contributed by atoms with Crippen molar-refractivity contribution in [1.82, 2.24) is 15.2 Å². The summed E-state index contributed by atoms with van der Waals surface area (Å²) in [5.74, 6) is 0.750. The van der Waals surface area contributed by atoms with E-state index in [2.05, 4.69) is 10.3 Å². The second kappa shape index (κ2) is 10.0. The number of aromatic amines is 1. The van der Waals surface area contributed by atoms with Gasteiger partial charge in [0.2, 0.25) is 0 Å². The number of benzene rings is 3. The molecule has 0 aliphatic heterocycles. The molecule has 0 saturated carbocycles. The largest absolute Gasteiger partial charge is 0.497 e. The summed E-state index contributed by atoms with van der Waals surface area (Å²) in [7, 11) is 1.62. The number of ether oxygens (including phenoxy) is 1. The lowest BCUT2D eigenvalue weighted by Gasteiger charge is -2.23. The Kier molecular flexibility index (Phi) is 6.74. The first-order chi connectivity index (χ1) is 16.0. The number of nitrogens with zero attached hydrogens (tertiary/aromatic N) is 1. The molecular weight excluding hydrogens is 414 g/mol. The summed E-state index contributed by atoms with van der Waals surface area (Å²) < 4.78 is 5.23. The van der Waals surface area contributed by atoms with E-state index in [1.54, 1.807) is 12.0 Å². The van der Waals surface area contributed by atoms with Crippen LogP contribution in [0.5, 0.6) is 5.75 Å². The summed E-state index contributed by atoms with van der Waals surface area (Å²) in [5, 5.41) is 3.92. The predicted molar refractivity (Wildman–Crippen MR) is 130 cm³/mol. The topological polar surface area (TPSA) is 74.4 Å². The zero-order valence-corrected chi connectivity index (χ0v) is 18.8. The minimum Gasteiger partial charge on any atom is -0.497 e. The molecule has 2 N–H and O–H groups in total. The van der Waals surface area contributed by atoms with Crippen LogP contribution in [0.1, 0.15) is 22.3 Å². The molecule has 1 aromatic heterocycles. The molecule has 0 radical (unpaired) electrons. The number of amides is 2. The molecule has 0 bridgehead atoms. The van der Waals surface area contributed by atoms with E-state index < -0.39 is 0 Å². The second-order valence-electron chi connectivity index (χ2n) is 8.01. The van der Waals surface area contributed by atoms with Crippen molar-refractivity contribution in [2.75, 3.05) is 7.11 Å². The Labute approximate surface area is 192 Å². The average molecular weight is 442 g/mol. The molecule has 0 saturated heterocycles. The summed E-state index contributed by atoms with van der Waals surface area (Å²) >= 11 is 0. The van der Waals surface area contributed by atoms with Gasteiger partial charge >= 0.3 is 6.03 Å². The Morgan fingerprint density at radius 3 is 2.42 bits per heavy atom. The summed E-state index contributed by atoms with van der Waals surface area (Å²) in [6.45, 7) is 2.92. The van der Waals surface area contributed by atoms with Crippen LogP contribution in [-0.4, -0.2) is 23.0 Å². The number of aromatic nitrogens is 1. The molecule has 0 aliphatic carbocycles. The highest BCUT2D eigenvalue weighted by molar-refractivity contribution is 5.82. The lowest BCUT2D eigenvalue weighted by Crippen LogP contribution is -2.39. The normalized spacial score (nSPS) is 10.7. The molecule has 168 valence electrons. The first kappa shape index (κ1) is 22.1. The molecular formula is C27H27N3O3. The number of fused-ring (bicyclic) bond motifs is 1. The number of pyridine rings is 1. The number of carbonyl (C=O) groups excluding carboxylic acids is 1. The molecule has 6 nitrogen and oxygen atoms in total. The molecule has 33 heavy (non-hydrogen) atoms. The van der Waals surface area contributed by atoms with Gasteiger partial charge in [-0.3, -0.25) is 4.79 Å². The molecule has 0 aliphatic rings. The number of hydrogen-bond acceptors (Lipinski definition) is 3. The smallest absolute Gasteiger partial charge is 0.318 e. The zero-order valence-electron chi connectivity index (χ0n) is 18.8. The quantitative estimate of drug-likeness (QED) is 0.434. The Morgan fingerprint density at radius 2 is 1.70 bits per heavy atom. The summed E-state index contributed by atoms with van der Waals surface area (Å²) in [6.07, 6.45) is 0. The number of H-pyrrole nitrogens is 1. The number of methoxy groups -OCH3 is 1. The average Bonchev–Trinajstić information content (AvgIpc) is 2.84. The van der Waals surface area contributed by atoms with E-state index in [0.29, 0.717) is 18.7 Å². The lowest BCUT2D eigenvalue weighted by molar-refractivity contribution is 0.191. The number of aryl methyl sites for hydroxylation is 1. The van der Waals surface area contributed by atoms with Gasteiger partial charge in [0, 0.05) is 18.7 Å². The van der Waals surface area contributed by atoms with E-state index in [4.69, 9.17) is 4.74 Å². The third-order valence-corrected chi connectivity index (χ3v) is 5.63. The molecule has 0 unspecified atom stereocenters. The van der Waals surface area contributed by atoms with Crippen LogP contribution >= 0.6 is 0 Å². The monoisotopic (exact) mass is 441 g/mol. The highest BCUT2D eigenvalue weighted by Crippen LogP contribution is 2.18. The number of carbonyl (C=O) groups is 1. The Balaban J connectivity index is 1.59. The molecule has 1 heterocycles. The fraction of sp³-hybridized carbons (Fsp3) is 0.185.